The molecule has 2 unspecified atom stereocenters. The number of nitrogens with two attached hydrogens (primary N) is 1. The van der Waals surface area contributed by atoms with Crippen molar-refractivity contribution in [1.82, 2.24) is 0 Å². The number of rotatable bonds is 4. The lowest BCUT2D eigenvalue weighted by Crippen LogP contribution is -2.25. The third kappa shape index (κ3) is 3.61. The molecule has 1 fully saturated rings. The van der Waals surface area contributed by atoms with E-state index in [1.165, 1.54) is 6.42 Å². The molecule has 0 spiro atoms. The molecule has 0 aromatic heterocycles. The minimum Gasteiger partial charge on any atom is -0.491 e. The topological polar surface area (TPSA) is 44.5 Å². The second-order valence-electron chi connectivity index (χ2n) is 4.77. The van der Waals surface area contributed by atoms with Gasteiger partial charge in [0.05, 0.1) is 6.10 Å². The van der Waals surface area contributed by atoms with Crippen molar-refractivity contribution in [2.45, 2.75) is 38.3 Å². The van der Waals surface area contributed by atoms with Crippen molar-refractivity contribution in [3.63, 3.8) is 0 Å². The van der Waals surface area contributed by atoms with Crippen molar-refractivity contribution in [3.8, 4) is 5.75 Å². The van der Waals surface area contributed by atoms with Crippen LogP contribution >= 0.6 is 11.6 Å². The van der Waals surface area contributed by atoms with Gasteiger partial charge in [-0.2, -0.15) is 0 Å². The van der Waals surface area contributed by atoms with Crippen LogP contribution in [-0.4, -0.2) is 19.3 Å². The van der Waals surface area contributed by atoms with E-state index in [2.05, 4.69) is 0 Å². The number of halogens is 1. The lowest BCUT2D eigenvalue weighted by atomic mass is 10.1. The molecule has 0 saturated carbocycles. The van der Waals surface area contributed by atoms with Gasteiger partial charge in [0, 0.05) is 17.7 Å². The van der Waals surface area contributed by atoms with Crippen LogP contribution in [0.25, 0.3) is 0 Å². The summed E-state index contributed by atoms with van der Waals surface area (Å²) < 4.78 is 11.3. The molecular formula is C14H20ClNO2. The zero-order chi connectivity index (χ0) is 13.0. The Balaban J connectivity index is 1.91. The van der Waals surface area contributed by atoms with E-state index in [4.69, 9.17) is 26.8 Å². The summed E-state index contributed by atoms with van der Waals surface area (Å²) >= 11 is 6.15. The van der Waals surface area contributed by atoms with Crippen molar-refractivity contribution in [2.75, 3.05) is 13.2 Å². The molecule has 1 aromatic carbocycles. The van der Waals surface area contributed by atoms with Gasteiger partial charge in [-0.05, 0) is 43.9 Å². The summed E-state index contributed by atoms with van der Waals surface area (Å²) in [6.45, 7) is 3.35. The molecule has 1 aromatic rings. The van der Waals surface area contributed by atoms with Gasteiger partial charge in [0.2, 0.25) is 0 Å². The first kappa shape index (κ1) is 13.7. The second kappa shape index (κ2) is 6.41. The second-order valence-corrected chi connectivity index (χ2v) is 5.18. The molecule has 1 aliphatic rings. The van der Waals surface area contributed by atoms with Crippen LogP contribution in [0.4, 0.5) is 0 Å². The molecule has 0 radical (unpaired) electrons. The van der Waals surface area contributed by atoms with Crippen LogP contribution in [0, 0.1) is 0 Å². The third-order valence-electron chi connectivity index (χ3n) is 3.17. The Hall–Kier alpha value is -0.770. The molecule has 3 nitrogen and oxygen atoms in total. The lowest BCUT2D eigenvalue weighted by Gasteiger charge is -2.22. The van der Waals surface area contributed by atoms with Crippen LogP contribution in [0.15, 0.2) is 18.2 Å². The molecule has 0 bridgehead atoms. The van der Waals surface area contributed by atoms with Gasteiger partial charge >= 0.3 is 0 Å². The molecule has 0 amide bonds. The van der Waals surface area contributed by atoms with Crippen molar-refractivity contribution in [3.05, 3.63) is 28.8 Å². The molecule has 2 N–H and O–H groups in total. The highest BCUT2D eigenvalue weighted by molar-refractivity contribution is 6.31. The van der Waals surface area contributed by atoms with E-state index in [0.717, 1.165) is 30.8 Å². The van der Waals surface area contributed by atoms with Gasteiger partial charge in [-0.3, -0.25) is 0 Å². The van der Waals surface area contributed by atoms with E-state index in [0.29, 0.717) is 11.6 Å². The highest BCUT2D eigenvalue weighted by atomic mass is 35.5. The summed E-state index contributed by atoms with van der Waals surface area (Å²) in [7, 11) is 0. The summed E-state index contributed by atoms with van der Waals surface area (Å²) in [5.41, 5.74) is 6.75. The van der Waals surface area contributed by atoms with Gasteiger partial charge in [-0.15, -0.1) is 0 Å². The van der Waals surface area contributed by atoms with E-state index in [-0.39, 0.29) is 12.1 Å². The smallest absolute Gasteiger partial charge is 0.120 e. The summed E-state index contributed by atoms with van der Waals surface area (Å²) in [4.78, 5) is 0. The molecule has 2 atom stereocenters. The van der Waals surface area contributed by atoms with Gasteiger partial charge < -0.3 is 15.2 Å². The van der Waals surface area contributed by atoms with Crippen molar-refractivity contribution >= 4 is 11.6 Å². The number of hydrogen-bond acceptors (Lipinski definition) is 3. The fourth-order valence-electron chi connectivity index (χ4n) is 2.09. The minimum absolute atomic E-state index is 0.0618. The maximum atomic E-state index is 6.15. The number of hydrogen-bond donors (Lipinski definition) is 1. The maximum Gasteiger partial charge on any atom is 0.120 e. The minimum atomic E-state index is -0.0618. The standard InChI is InChI=1S/C14H20ClNO2/c1-10(16)13-6-5-11(8-14(13)15)18-9-12-4-2-3-7-17-12/h5-6,8,10,12H,2-4,7,9,16H2,1H3. The largest absolute Gasteiger partial charge is 0.491 e. The molecule has 1 heterocycles. The van der Waals surface area contributed by atoms with E-state index in [1.54, 1.807) is 0 Å². The van der Waals surface area contributed by atoms with Crippen molar-refractivity contribution in [2.24, 2.45) is 5.73 Å². The van der Waals surface area contributed by atoms with Crippen LogP contribution < -0.4 is 10.5 Å². The predicted octanol–water partition coefficient (Wildman–Crippen LogP) is 3.31. The Morgan fingerprint density at radius 1 is 1.50 bits per heavy atom. The molecule has 2 rings (SSSR count). The third-order valence-corrected chi connectivity index (χ3v) is 3.50. The molecule has 1 saturated heterocycles. The predicted molar refractivity (Wildman–Crippen MR) is 73.1 cm³/mol. The summed E-state index contributed by atoms with van der Waals surface area (Å²) in [6.07, 6.45) is 3.67. The SMILES string of the molecule is CC(N)c1ccc(OCC2CCCCO2)cc1Cl. The van der Waals surface area contributed by atoms with Gasteiger partial charge in [0.1, 0.15) is 12.4 Å². The Morgan fingerprint density at radius 2 is 2.33 bits per heavy atom. The van der Waals surface area contributed by atoms with Gasteiger partial charge in [0.25, 0.3) is 0 Å². The Labute approximate surface area is 113 Å². The number of benzene rings is 1. The molecular weight excluding hydrogens is 250 g/mol. The summed E-state index contributed by atoms with van der Waals surface area (Å²) in [6, 6.07) is 5.59. The van der Waals surface area contributed by atoms with Crippen LogP contribution in [0.5, 0.6) is 5.75 Å². The Morgan fingerprint density at radius 3 is 2.94 bits per heavy atom. The summed E-state index contributed by atoms with van der Waals surface area (Å²) in [5.74, 6) is 0.776. The monoisotopic (exact) mass is 269 g/mol. The highest BCUT2D eigenvalue weighted by Crippen LogP contribution is 2.26. The fraction of sp³-hybridized carbons (Fsp3) is 0.571. The molecule has 100 valence electrons. The first-order valence-electron chi connectivity index (χ1n) is 6.46. The number of ether oxygens (including phenoxy) is 2. The fourth-order valence-corrected chi connectivity index (χ4v) is 2.44. The zero-order valence-corrected chi connectivity index (χ0v) is 11.5. The lowest BCUT2D eigenvalue weighted by molar-refractivity contribution is -0.0110. The van der Waals surface area contributed by atoms with Gasteiger partial charge in [-0.1, -0.05) is 17.7 Å². The Bertz CT molecular complexity index is 389. The van der Waals surface area contributed by atoms with E-state index in [1.807, 2.05) is 25.1 Å². The average Bonchev–Trinajstić information content (AvgIpc) is 2.37. The van der Waals surface area contributed by atoms with E-state index >= 15 is 0 Å². The first-order valence-corrected chi connectivity index (χ1v) is 6.84. The Kier molecular flexibility index (Phi) is 4.87. The van der Waals surface area contributed by atoms with Gasteiger partial charge in [-0.25, -0.2) is 0 Å². The maximum absolute atomic E-state index is 6.15. The zero-order valence-electron chi connectivity index (χ0n) is 10.7. The van der Waals surface area contributed by atoms with Crippen LogP contribution in [0.1, 0.15) is 37.8 Å². The van der Waals surface area contributed by atoms with Crippen LogP contribution in [0.3, 0.4) is 0 Å². The van der Waals surface area contributed by atoms with Crippen molar-refractivity contribution < 1.29 is 9.47 Å². The van der Waals surface area contributed by atoms with Crippen molar-refractivity contribution in [1.29, 1.82) is 0 Å². The summed E-state index contributed by atoms with van der Waals surface area (Å²) in [5, 5.41) is 0.659. The van der Waals surface area contributed by atoms with E-state index < -0.39 is 0 Å². The average molecular weight is 270 g/mol. The van der Waals surface area contributed by atoms with Crippen LogP contribution in [-0.2, 0) is 4.74 Å². The van der Waals surface area contributed by atoms with E-state index in [9.17, 15) is 0 Å². The molecule has 4 heteroatoms. The normalized spacial score (nSPS) is 21.6. The van der Waals surface area contributed by atoms with Crippen LogP contribution in [0.2, 0.25) is 5.02 Å². The molecule has 0 aliphatic carbocycles. The first-order chi connectivity index (χ1) is 8.66. The van der Waals surface area contributed by atoms with Gasteiger partial charge in [0.15, 0.2) is 0 Å². The molecule has 1 aliphatic heterocycles. The quantitative estimate of drug-likeness (QED) is 0.912. The highest BCUT2D eigenvalue weighted by Gasteiger charge is 2.14. The molecule has 18 heavy (non-hydrogen) atoms.